The first-order chi connectivity index (χ1) is 11.5. The number of hydrogen-bond donors (Lipinski definition) is 3. The fourth-order valence-electron chi connectivity index (χ4n) is 1.89. The van der Waals surface area contributed by atoms with E-state index in [2.05, 4.69) is 10.5 Å². The second-order valence-electron chi connectivity index (χ2n) is 5.05. The number of amides is 1. The molecule has 0 saturated carbocycles. The number of hydrogen-bond acceptors (Lipinski definition) is 5. The number of benzene rings is 2. The Kier molecular flexibility index (Phi) is 6.52. The van der Waals surface area contributed by atoms with E-state index in [1.54, 1.807) is 6.92 Å². The van der Waals surface area contributed by atoms with Crippen LogP contribution in [-0.4, -0.2) is 27.6 Å². The molecule has 0 saturated heterocycles. The molecule has 0 aromatic heterocycles. The number of nitrogens with one attached hydrogen (secondary N) is 1. The lowest BCUT2D eigenvalue weighted by molar-refractivity contribution is -0.118. The molecule has 1 amide bonds. The predicted octanol–water partition coefficient (Wildman–Crippen LogP) is 3.52. The van der Waals surface area contributed by atoms with Crippen LogP contribution in [0.15, 0.2) is 47.6 Å². The Labute approximate surface area is 149 Å². The van der Waals surface area contributed by atoms with Gasteiger partial charge in [0.2, 0.25) is 5.91 Å². The average molecular weight is 365 g/mol. The second kappa shape index (κ2) is 8.61. The van der Waals surface area contributed by atoms with Gasteiger partial charge in [-0.25, -0.2) is 5.43 Å². The fourth-order valence-corrected chi connectivity index (χ4v) is 2.80. The van der Waals surface area contributed by atoms with E-state index in [1.165, 1.54) is 30.0 Å². The standard InChI is InChI=1S/C17H17ClN2O3S/c1-11(15-8-14(21)6-7-16(15)22)19-20-17(23)10-24-9-12-2-4-13(18)5-3-12/h2-8,21-22H,9-10H2,1H3,(H,20,23)/b19-11-. The van der Waals surface area contributed by atoms with Crippen LogP contribution in [0.2, 0.25) is 5.02 Å². The zero-order valence-electron chi connectivity index (χ0n) is 13.0. The van der Waals surface area contributed by atoms with E-state index in [0.717, 1.165) is 5.56 Å². The van der Waals surface area contributed by atoms with E-state index in [-0.39, 0.29) is 23.2 Å². The highest BCUT2D eigenvalue weighted by molar-refractivity contribution is 7.99. The fraction of sp³-hybridized carbons (Fsp3) is 0.176. The second-order valence-corrected chi connectivity index (χ2v) is 6.47. The number of carbonyl (C=O) groups excluding carboxylic acids is 1. The zero-order chi connectivity index (χ0) is 17.5. The summed E-state index contributed by atoms with van der Waals surface area (Å²) in [7, 11) is 0. The molecule has 3 N–H and O–H groups in total. The van der Waals surface area contributed by atoms with Gasteiger partial charge in [0.1, 0.15) is 11.5 Å². The lowest BCUT2D eigenvalue weighted by Gasteiger charge is -2.06. The van der Waals surface area contributed by atoms with Crippen molar-refractivity contribution in [2.75, 3.05) is 5.75 Å². The maximum Gasteiger partial charge on any atom is 0.250 e. The largest absolute Gasteiger partial charge is 0.508 e. The van der Waals surface area contributed by atoms with Gasteiger partial charge in [-0.2, -0.15) is 5.10 Å². The molecule has 0 spiro atoms. The number of halogens is 1. The maximum atomic E-state index is 11.8. The number of aromatic hydroxyl groups is 2. The molecule has 2 rings (SSSR count). The van der Waals surface area contributed by atoms with Gasteiger partial charge in [-0.05, 0) is 42.8 Å². The summed E-state index contributed by atoms with van der Waals surface area (Å²) in [4.78, 5) is 11.8. The van der Waals surface area contributed by atoms with Gasteiger partial charge in [-0.3, -0.25) is 4.79 Å². The Morgan fingerprint density at radius 2 is 1.92 bits per heavy atom. The van der Waals surface area contributed by atoms with Crippen molar-refractivity contribution in [1.82, 2.24) is 5.43 Å². The topological polar surface area (TPSA) is 81.9 Å². The van der Waals surface area contributed by atoms with Crippen LogP contribution in [0.3, 0.4) is 0 Å². The van der Waals surface area contributed by atoms with Crippen LogP contribution in [0.1, 0.15) is 18.1 Å². The summed E-state index contributed by atoms with van der Waals surface area (Å²) >= 11 is 7.28. The van der Waals surface area contributed by atoms with Gasteiger partial charge in [0.15, 0.2) is 0 Å². The van der Waals surface area contributed by atoms with Crippen LogP contribution in [0.4, 0.5) is 0 Å². The van der Waals surface area contributed by atoms with Gasteiger partial charge < -0.3 is 10.2 Å². The molecule has 24 heavy (non-hydrogen) atoms. The summed E-state index contributed by atoms with van der Waals surface area (Å²) < 4.78 is 0. The van der Waals surface area contributed by atoms with Gasteiger partial charge in [0.05, 0.1) is 11.5 Å². The Hall–Kier alpha value is -2.18. The SMILES string of the molecule is C/C(=N/NC(=O)CSCc1ccc(Cl)cc1)c1cc(O)ccc1O. The minimum absolute atomic E-state index is 0.0135. The summed E-state index contributed by atoms with van der Waals surface area (Å²) in [6, 6.07) is 11.6. The first-order valence-electron chi connectivity index (χ1n) is 7.13. The number of phenolic OH excluding ortho intramolecular Hbond substituents is 2. The highest BCUT2D eigenvalue weighted by atomic mass is 35.5. The summed E-state index contributed by atoms with van der Waals surface area (Å²) in [5, 5.41) is 23.8. The van der Waals surface area contributed by atoms with Crippen molar-refractivity contribution in [1.29, 1.82) is 0 Å². The molecule has 7 heteroatoms. The minimum Gasteiger partial charge on any atom is -0.508 e. The molecule has 0 fully saturated rings. The van der Waals surface area contributed by atoms with Crippen molar-refractivity contribution >= 4 is 35.0 Å². The third-order valence-corrected chi connectivity index (χ3v) is 4.39. The first kappa shape index (κ1) is 18.2. The van der Waals surface area contributed by atoms with E-state index in [0.29, 0.717) is 22.1 Å². The summed E-state index contributed by atoms with van der Waals surface area (Å²) in [6.45, 7) is 1.63. The van der Waals surface area contributed by atoms with Crippen LogP contribution < -0.4 is 5.43 Å². The Balaban J connectivity index is 1.83. The third kappa shape index (κ3) is 5.47. The van der Waals surface area contributed by atoms with Crippen molar-refractivity contribution < 1.29 is 15.0 Å². The minimum atomic E-state index is -0.243. The molecule has 126 valence electrons. The zero-order valence-corrected chi connectivity index (χ0v) is 14.6. The summed E-state index contributed by atoms with van der Waals surface area (Å²) in [5.41, 5.74) is 4.29. The van der Waals surface area contributed by atoms with Gasteiger partial charge in [-0.1, -0.05) is 23.7 Å². The van der Waals surface area contributed by atoms with Crippen LogP contribution in [-0.2, 0) is 10.5 Å². The highest BCUT2D eigenvalue weighted by Crippen LogP contribution is 2.22. The van der Waals surface area contributed by atoms with Gasteiger partial charge in [0.25, 0.3) is 0 Å². The molecule has 0 aliphatic rings. The molecule has 2 aromatic carbocycles. The number of nitrogens with zero attached hydrogens (tertiary/aromatic N) is 1. The third-order valence-electron chi connectivity index (χ3n) is 3.13. The summed E-state index contributed by atoms with van der Waals surface area (Å²) in [6.07, 6.45) is 0. The Morgan fingerprint density at radius 1 is 1.21 bits per heavy atom. The smallest absolute Gasteiger partial charge is 0.250 e. The molecule has 2 aromatic rings. The number of phenols is 2. The Bertz CT molecular complexity index is 748. The molecule has 0 radical (unpaired) electrons. The van der Waals surface area contributed by atoms with Crippen molar-refractivity contribution in [2.24, 2.45) is 5.10 Å². The molecular weight excluding hydrogens is 348 g/mol. The molecule has 0 atom stereocenters. The molecular formula is C17H17ClN2O3S. The lowest BCUT2D eigenvalue weighted by Crippen LogP contribution is -2.21. The van der Waals surface area contributed by atoms with Crippen molar-refractivity contribution in [2.45, 2.75) is 12.7 Å². The number of hydrazone groups is 1. The highest BCUT2D eigenvalue weighted by Gasteiger charge is 2.07. The van der Waals surface area contributed by atoms with E-state index in [1.807, 2.05) is 24.3 Å². The van der Waals surface area contributed by atoms with Gasteiger partial charge >= 0.3 is 0 Å². The number of thioether (sulfide) groups is 1. The van der Waals surface area contributed by atoms with Crippen molar-refractivity contribution in [3.63, 3.8) is 0 Å². The van der Waals surface area contributed by atoms with Crippen LogP contribution in [0.5, 0.6) is 11.5 Å². The van der Waals surface area contributed by atoms with E-state index >= 15 is 0 Å². The molecule has 5 nitrogen and oxygen atoms in total. The molecule has 0 heterocycles. The van der Waals surface area contributed by atoms with E-state index in [9.17, 15) is 15.0 Å². The normalized spacial score (nSPS) is 11.3. The number of rotatable bonds is 6. The molecule has 0 aliphatic carbocycles. The molecule has 0 bridgehead atoms. The van der Waals surface area contributed by atoms with E-state index in [4.69, 9.17) is 11.6 Å². The van der Waals surface area contributed by atoms with Crippen molar-refractivity contribution in [3.8, 4) is 11.5 Å². The average Bonchev–Trinajstić information content (AvgIpc) is 2.56. The van der Waals surface area contributed by atoms with Crippen LogP contribution >= 0.6 is 23.4 Å². The Morgan fingerprint density at radius 3 is 2.62 bits per heavy atom. The monoisotopic (exact) mass is 364 g/mol. The van der Waals surface area contributed by atoms with Crippen LogP contribution in [0.25, 0.3) is 0 Å². The van der Waals surface area contributed by atoms with Gasteiger partial charge in [0, 0.05) is 16.3 Å². The number of carbonyl (C=O) groups is 1. The van der Waals surface area contributed by atoms with Crippen LogP contribution in [0, 0.1) is 0 Å². The molecule has 0 aliphatic heterocycles. The molecule has 0 unspecified atom stereocenters. The van der Waals surface area contributed by atoms with Crippen molar-refractivity contribution in [3.05, 3.63) is 58.6 Å². The lowest BCUT2D eigenvalue weighted by atomic mass is 10.1. The van der Waals surface area contributed by atoms with Gasteiger partial charge in [-0.15, -0.1) is 11.8 Å². The maximum absolute atomic E-state index is 11.8. The van der Waals surface area contributed by atoms with E-state index < -0.39 is 0 Å². The summed E-state index contributed by atoms with van der Waals surface area (Å²) in [5.74, 6) is 0.710. The predicted molar refractivity (Wildman–Crippen MR) is 97.7 cm³/mol. The first-order valence-corrected chi connectivity index (χ1v) is 8.66. The quantitative estimate of drug-likeness (QED) is 0.416.